The minimum atomic E-state index is -0.240. The second-order valence-corrected chi connectivity index (χ2v) is 6.86. The summed E-state index contributed by atoms with van der Waals surface area (Å²) in [7, 11) is 0. The molecular formula is C15H18O2S. The van der Waals surface area contributed by atoms with Crippen molar-refractivity contribution in [2.75, 3.05) is 12.4 Å². The molecule has 3 rings (SSSR count). The maximum Gasteiger partial charge on any atom is 0.182 e. The first-order valence-corrected chi connectivity index (χ1v) is 7.63. The second-order valence-electron chi connectivity index (χ2n) is 5.26. The summed E-state index contributed by atoms with van der Waals surface area (Å²) in [6.07, 6.45) is 4.21. The van der Waals surface area contributed by atoms with E-state index in [1.807, 2.05) is 12.1 Å². The standard InChI is InChI=1S/C15H18O2S/c1-15(8-4-10-18-15)14(16)12-7-2-5-11-6-3-9-17-13(11)12/h2,5,7H,3-4,6,8-10H2,1H3. The van der Waals surface area contributed by atoms with Crippen molar-refractivity contribution in [3.63, 3.8) is 0 Å². The highest BCUT2D eigenvalue weighted by molar-refractivity contribution is 8.01. The van der Waals surface area contributed by atoms with Gasteiger partial charge in [0.1, 0.15) is 5.75 Å². The first kappa shape index (κ1) is 12.1. The molecule has 2 aliphatic heterocycles. The third-order valence-electron chi connectivity index (χ3n) is 3.88. The summed E-state index contributed by atoms with van der Waals surface area (Å²) >= 11 is 1.79. The number of ether oxygens (including phenoxy) is 1. The lowest BCUT2D eigenvalue weighted by molar-refractivity contribution is 0.0944. The predicted molar refractivity (Wildman–Crippen MR) is 74.7 cm³/mol. The zero-order valence-electron chi connectivity index (χ0n) is 10.7. The van der Waals surface area contributed by atoms with Crippen LogP contribution in [0.3, 0.4) is 0 Å². The zero-order chi connectivity index (χ0) is 12.6. The topological polar surface area (TPSA) is 26.3 Å². The van der Waals surface area contributed by atoms with E-state index in [0.717, 1.165) is 49.4 Å². The summed E-state index contributed by atoms with van der Waals surface area (Å²) in [5.41, 5.74) is 1.99. The van der Waals surface area contributed by atoms with Crippen LogP contribution < -0.4 is 4.74 Å². The Morgan fingerprint density at radius 1 is 1.39 bits per heavy atom. The Balaban J connectivity index is 1.99. The number of Topliss-reactive ketones (excluding diaryl/α,β-unsaturated/α-hetero) is 1. The number of fused-ring (bicyclic) bond motifs is 1. The fraction of sp³-hybridized carbons (Fsp3) is 0.533. The smallest absolute Gasteiger partial charge is 0.182 e. The van der Waals surface area contributed by atoms with E-state index in [0.29, 0.717) is 0 Å². The number of benzene rings is 1. The van der Waals surface area contributed by atoms with Crippen LogP contribution in [-0.2, 0) is 6.42 Å². The summed E-state index contributed by atoms with van der Waals surface area (Å²) < 4.78 is 5.51. The summed E-state index contributed by atoms with van der Waals surface area (Å²) in [4.78, 5) is 12.7. The van der Waals surface area contributed by atoms with Crippen LogP contribution in [0.25, 0.3) is 0 Å². The Labute approximate surface area is 112 Å². The number of hydrogen-bond donors (Lipinski definition) is 0. The van der Waals surface area contributed by atoms with E-state index in [-0.39, 0.29) is 10.5 Å². The summed E-state index contributed by atoms with van der Waals surface area (Å²) in [5, 5.41) is 0. The number of ketones is 1. The van der Waals surface area contributed by atoms with Crippen molar-refractivity contribution in [2.24, 2.45) is 0 Å². The van der Waals surface area contributed by atoms with Gasteiger partial charge in [-0.3, -0.25) is 4.79 Å². The van der Waals surface area contributed by atoms with E-state index in [2.05, 4.69) is 13.0 Å². The fourth-order valence-electron chi connectivity index (χ4n) is 2.81. The number of thioether (sulfide) groups is 1. The molecule has 0 radical (unpaired) electrons. The van der Waals surface area contributed by atoms with E-state index in [1.165, 1.54) is 5.56 Å². The molecule has 1 aromatic rings. The van der Waals surface area contributed by atoms with Gasteiger partial charge in [-0.25, -0.2) is 0 Å². The molecule has 2 nitrogen and oxygen atoms in total. The van der Waals surface area contributed by atoms with Gasteiger partial charge in [0.25, 0.3) is 0 Å². The van der Waals surface area contributed by atoms with Crippen molar-refractivity contribution in [3.8, 4) is 5.75 Å². The van der Waals surface area contributed by atoms with Crippen LogP contribution in [0.5, 0.6) is 5.75 Å². The van der Waals surface area contributed by atoms with E-state index >= 15 is 0 Å². The van der Waals surface area contributed by atoms with Gasteiger partial charge in [-0.2, -0.15) is 0 Å². The van der Waals surface area contributed by atoms with Gasteiger partial charge in [0, 0.05) is 0 Å². The first-order chi connectivity index (χ1) is 8.71. The molecule has 2 aliphatic rings. The molecule has 0 aliphatic carbocycles. The van der Waals surface area contributed by atoms with Crippen molar-refractivity contribution in [1.82, 2.24) is 0 Å². The highest BCUT2D eigenvalue weighted by atomic mass is 32.2. The van der Waals surface area contributed by atoms with Crippen LogP contribution in [0, 0.1) is 0 Å². The molecule has 0 aromatic heterocycles. The molecule has 0 saturated carbocycles. The van der Waals surface area contributed by atoms with E-state index in [4.69, 9.17) is 4.74 Å². The molecule has 0 bridgehead atoms. The van der Waals surface area contributed by atoms with Gasteiger partial charge in [0.15, 0.2) is 5.78 Å². The maximum atomic E-state index is 12.7. The molecule has 0 amide bonds. The summed E-state index contributed by atoms with van der Waals surface area (Å²) in [6, 6.07) is 6.00. The highest BCUT2D eigenvalue weighted by Gasteiger charge is 2.39. The molecular weight excluding hydrogens is 244 g/mol. The number of carbonyl (C=O) groups is 1. The van der Waals surface area contributed by atoms with Gasteiger partial charge < -0.3 is 4.74 Å². The Hall–Kier alpha value is -0.960. The van der Waals surface area contributed by atoms with Crippen LogP contribution in [0.4, 0.5) is 0 Å². The van der Waals surface area contributed by atoms with Gasteiger partial charge in [0.05, 0.1) is 16.9 Å². The van der Waals surface area contributed by atoms with E-state index in [9.17, 15) is 4.79 Å². The number of carbonyl (C=O) groups excluding carboxylic acids is 1. The minimum absolute atomic E-state index is 0.240. The highest BCUT2D eigenvalue weighted by Crippen LogP contribution is 2.42. The largest absolute Gasteiger partial charge is 0.493 e. The van der Waals surface area contributed by atoms with Gasteiger partial charge in [-0.05, 0) is 50.0 Å². The lowest BCUT2D eigenvalue weighted by Crippen LogP contribution is -2.29. The van der Waals surface area contributed by atoms with Crippen molar-refractivity contribution in [2.45, 2.75) is 37.4 Å². The molecule has 18 heavy (non-hydrogen) atoms. The zero-order valence-corrected chi connectivity index (χ0v) is 11.5. The summed E-state index contributed by atoms with van der Waals surface area (Å²) in [5.74, 6) is 2.20. The van der Waals surface area contributed by atoms with E-state index in [1.54, 1.807) is 11.8 Å². The monoisotopic (exact) mass is 262 g/mol. The Bertz CT molecular complexity index is 475. The molecule has 1 fully saturated rings. The molecule has 0 spiro atoms. The third kappa shape index (κ3) is 1.95. The molecule has 1 unspecified atom stereocenters. The maximum absolute atomic E-state index is 12.7. The predicted octanol–water partition coefficient (Wildman–Crippen LogP) is 3.48. The minimum Gasteiger partial charge on any atom is -0.493 e. The van der Waals surface area contributed by atoms with Crippen molar-refractivity contribution in [1.29, 1.82) is 0 Å². The fourth-order valence-corrected chi connectivity index (χ4v) is 4.08. The first-order valence-electron chi connectivity index (χ1n) is 6.64. The van der Waals surface area contributed by atoms with Crippen LogP contribution >= 0.6 is 11.8 Å². The quantitative estimate of drug-likeness (QED) is 0.763. The number of para-hydroxylation sites is 1. The molecule has 3 heteroatoms. The molecule has 1 aromatic carbocycles. The Kier molecular flexibility index (Phi) is 3.10. The number of aryl methyl sites for hydroxylation is 1. The third-order valence-corrected chi connectivity index (χ3v) is 5.40. The Morgan fingerprint density at radius 3 is 3.06 bits per heavy atom. The molecule has 1 atom stereocenters. The summed E-state index contributed by atoms with van der Waals surface area (Å²) in [6.45, 7) is 2.82. The number of rotatable bonds is 2. The molecule has 0 N–H and O–H groups in total. The molecule has 96 valence electrons. The van der Waals surface area contributed by atoms with Crippen molar-refractivity contribution < 1.29 is 9.53 Å². The molecule has 1 saturated heterocycles. The van der Waals surface area contributed by atoms with Crippen LogP contribution in [0.15, 0.2) is 18.2 Å². The van der Waals surface area contributed by atoms with Crippen LogP contribution in [0.2, 0.25) is 0 Å². The molecule has 2 heterocycles. The Morgan fingerprint density at radius 2 is 2.28 bits per heavy atom. The van der Waals surface area contributed by atoms with Crippen molar-refractivity contribution >= 4 is 17.5 Å². The van der Waals surface area contributed by atoms with Crippen LogP contribution in [-0.4, -0.2) is 22.9 Å². The number of hydrogen-bond acceptors (Lipinski definition) is 3. The average molecular weight is 262 g/mol. The second kappa shape index (κ2) is 4.61. The van der Waals surface area contributed by atoms with Crippen molar-refractivity contribution in [3.05, 3.63) is 29.3 Å². The average Bonchev–Trinajstić information content (AvgIpc) is 2.85. The van der Waals surface area contributed by atoms with E-state index < -0.39 is 0 Å². The SMILES string of the molecule is CC1(C(=O)c2cccc3c2OCCC3)CCCS1. The van der Waals surface area contributed by atoms with Gasteiger partial charge >= 0.3 is 0 Å². The van der Waals surface area contributed by atoms with Gasteiger partial charge in [-0.1, -0.05) is 12.1 Å². The van der Waals surface area contributed by atoms with Crippen LogP contribution in [0.1, 0.15) is 42.1 Å². The lowest BCUT2D eigenvalue weighted by atomic mass is 9.91. The van der Waals surface area contributed by atoms with Gasteiger partial charge in [-0.15, -0.1) is 11.8 Å². The normalized spacial score (nSPS) is 26.5. The lowest BCUT2D eigenvalue weighted by Gasteiger charge is -2.25. The van der Waals surface area contributed by atoms with Gasteiger partial charge in [0.2, 0.25) is 0 Å².